The van der Waals surface area contributed by atoms with Gasteiger partial charge in [-0.3, -0.25) is 9.59 Å². The number of carbonyl (C=O) groups is 3. The highest BCUT2D eigenvalue weighted by molar-refractivity contribution is 6.08. The highest BCUT2D eigenvalue weighted by Crippen LogP contribution is 2.19. The first kappa shape index (κ1) is 18.2. The summed E-state index contributed by atoms with van der Waals surface area (Å²) in [5.74, 6) is -1.88. The van der Waals surface area contributed by atoms with Crippen molar-refractivity contribution in [3.8, 4) is 0 Å². The quantitative estimate of drug-likeness (QED) is 0.844. The van der Waals surface area contributed by atoms with Crippen LogP contribution in [0.25, 0.3) is 0 Å². The number of rotatable bonds is 6. The minimum atomic E-state index is -1.36. The molecule has 6 heteroatoms. The van der Waals surface area contributed by atoms with Crippen LogP contribution >= 0.6 is 0 Å². The number of carboxylic acid groups (broad SMARTS) is 1. The summed E-state index contributed by atoms with van der Waals surface area (Å²) in [5, 5.41) is 16.5. The van der Waals surface area contributed by atoms with Crippen molar-refractivity contribution in [3.05, 3.63) is 59.2 Å². The van der Waals surface area contributed by atoms with E-state index < -0.39 is 11.9 Å². The SMILES string of the molecule is CCCC(=O)Nc1ccc(C(=O)Nc2ccccc2C(=O)[O-])cc1C. The Morgan fingerprint density at radius 2 is 1.72 bits per heavy atom. The molecule has 130 valence electrons. The van der Waals surface area contributed by atoms with Crippen molar-refractivity contribution in [3.63, 3.8) is 0 Å². The molecule has 0 fully saturated rings. The molecule has 2 amide bonds. The second-order valence-corrected chi connectivity index (χ2v) is 5.62. The third kappa shape index (κ3) is 4.67. The molecule has 2 aromatic rings. The molecule has 0 atom stereocenters. The molecule has 0 saturated heterocycles. The predicted molar refractivity (Wildman–Crippen MR) is 93.4 cm³/mol. The molecule has 0 unspecified atom stereocenters. The van der Waals surface area contributed by atoms with Crippen molar-refractivity contribution in [1.82, 2.24) is 0 Å². The van der Waals surface area contributed by atoms with Gasteiger partial charge in [-0.25, -0.2) is 0 Å². The Labute approximate surface area is 145 Å². The fourth-order valence-electron chi connectivity index (χ4n) is 2.35. The van der Waals surface area contributed by atoms with Crippen molar-refractivity contribution in [1.29, 1.82) is 0 Å². The zero-order valence-corrected chi connectivity index (χ0v) is 14.1. The van der Waals surface area contributed by atoms with Crippen LogP contribution in [0.4, 0.5) is 11.4 Å². The Bertz CT molecular complexity index is 815. The summed E-state index contributed by atoms with van der Waals surface area (Å²) in [6.45, 7) is 3.71. The van der Waals surface area contributed by atoms with Gasteiger partial charge in [-0.15, -0.1) is 0 Å². The molecule has 0 spiro atoms. The first-order valence-corrected chi connectivity index (χ1v) is 7.94. The monoisotopic (exact) mass is 339 g/mol. The maximum atomic E-state index is 12.4. The summed E-state index contributed by atoms with van der Waals surface area (Å²) < 4.78 is 0. The summed E-state index contributed by atoms with van der Waals surface area (Å²) >= 11 is 0. The molecule has 6 nitrogen and oxygen atoms in total. The average molecular weight is 339 g/mol. The zero-order valence-electron chi connectivity index (χ0n) is 14.1. The minimum Gasteiger partial charge on any atom is -0.545 e. The molecular weight excluding hydrogens is 320 g/mol. The van der Waals surface area contributed by atoms with E-state index >= 15 is 0 Å². The van der Waals surface area contributed by atoms with Gasteiger partial charge >= 0.3 is 0 Å². The third-order valence-electron chi connectivity index (χ3n) is 3.63. The van der Waals surface area contributed by atoms with Crippen LogP contribution in [0.1, 0.15) is 46.0 Å². The number of para-hydroxylation sites is 1. The molecule has 0 aliphatic heterocycles. The first-order valence-electron chi connectivity index (χ1n) is 7.94. The fourth-order valence-corrected chi connectivity index (χ4v) is 2.35. The van der Waals surface area contributed by atoms with Gasteiger partial charge in [0.1, 0.15) is 0 Å². The maximum absolute atomic E-state index is 12.4. The Kier molecular flexibility index (Phi) is 5.89. The van der Waals surface area contributed by atoms with Crippen LogP contribution in [0.5, 0.6) is 0 Å². The lowest BCUT2D eigenvalue weighted by molar-refractivity contribution is -0.254. The van der Waals surface area contributed by atoms with E-state index in [-0.39, 0.29) is 17.2 Å². The van der Waals surface area contributed by atoms with Gasteiger partial charge in [-0.1, -0.05) is 25.1 Å². The van der Waals surface area contributed by atoms with Crippen LogP contribution in [0.15, 0.2) is 42.5 Å². The standard InChI is InChI=1S/C19H20N2O4/c1-3-6-17(22)20-15-10-9-13(11-12(15)2)18(23)21-16-8-5-4-7-14(16)19(24)25/h4-5,7-11H,3,6H2,1-2H3,(H,20,22)(H,21,23)(H,24,25)/p-1. The van der Waals surface area contributed by atoms with E-state index in [2.05, 4.69) is 10.6 Å². The molecule has 0 aliphatic carbocycles. The van der Waals surface area contributed by atoms with Gasteiger partial charge in [0.15, 0.2) is 0 Å². The molecule has 2 N–H and O–H groups in total. The number of benzene rings is 2. The number of carbonyl (C=O) groups excluding carboxylic acids is 3. The van der Waals surface area contributed by atoms with Crippen LogP contribution < -0.4 is 15.7 Å². The lowest BCUT2D eigenvalue weighted by atomic mass is 10.1. The third-order valence-corrected chi connectivity index (χ3v) is 3.63. The van der Waals surface area contributed by atoms with Gasteiger partial charge in [-0.05, 0) is 43.2 Å². The van der Waals surface area contributed by atoms with Crippen LogP contribution in [0.2, 0.25) is 0 Å². The predicted octanol–water partition coefficient (Wildman–Crippen LogP) is 2.35. The van der Waals surface area contributed by atoms with Gasteiger partial charge < -0.3 is 20.5 Å². The molecular formula is C19H19N2O4-. The number of amides is 2. The highest BCUT2D eigenvalue weighted by atomic mass is 16.4. The van der Waals surface area contributed by atoms with E-state index in [9.17, 15) is 19.5 Å². The smallest absolute Gasteiger partial charge is 0.255 e. The molecule has 25 heavy (non-hydrogen) atoms. The van der Waals surface area contributed by atoms with Crippen LogP contribution in [0, 0.1) is 6.92 Å². The first-order chi connectivity index (χ1) is 11.9. The van der Waals surface area contributed by atoms with Gasteiger partial charge in [0.25, 0.3) is 5.91 Å². The Hall–Kier alpha value is -3.15. The zero-order chi connectivity index (χ0) is 18.4. The number of carboxylic acids is 1. The molecule has 2 aromatic carbocycles. The summed E-state index contributed by atoms with van der Waals surface area (Å²) in [7, 11) is 0. The number of aromatic carboxylic acids is 1. The Morgan fingerprint density at radius 3 is 2.36 bits per heavy atom. The lowest BCUT2D eigenvalue weighted by Crippen LogP contribution is -2.24. The second-order valence-electron chi connectivity index (χ2n) is 5.62. The highest BCUT2D eigenvalue weighted by Gasteiger charge is 2.12. The number of hydrogen-bond donors (Lipinski definition) is 2. The largest absolute Gasteiger partial charge is 0.545 e. The van der Waals surface area contributed by atoms with E-state index in [0.717, 1.165) is 12.0 Å². The number of anilines is 2. The van der Waals surface area contributed by atoms with Gasteiger partial charge in [0.2, 0.25) is 5.91 Å². The Balaban J connectivity index is 2.17. The van der Waals surface area contributed by atoms with Crippen LogP contribution in [-0.4, -0.2) is 17.8 Å². The summed E-state index contributed by atoms with van der Waals surface area (Å²) in [5.41, 5.74) is 1.83. The van der Waals surface area contributed by atoms with E-state index in [4.69, 9.17) is 0 Å². The normalized spacial score (nSPS) is 10.2. The Morgan fingerprint density at radius 1 is 1.00 bits per heavy atom. The lowest BCUT2D eigenvalue weighted by Gasteiger charge is -2.13. The number of nitrogens with one attached hydrogen (secondary N) is 2. The van der Waals surface area contributed by atoms with Gasteiger partial charge in [0, 0.05) is 23.2 Å². The minimum absolute atomic E-state index is 0.0781. The average Bonchev–Trinajstić information content (AvgIpc) is 2.57. The van der Waals surface area contributed by atoms with Crippen molar-refractivity contribution in [2.75, 3.05) is 10.6 Å². The molecule has 0 aliphatic rings. The molecule has 2 rings (SSSR count). The van der Waals surface area contributed by atoms with E-state index in [0.29, 0.717) is 17.7 Å². The van der Waals surface area contributed by atoms with Crippen LogP contribution in [-0.2, 0) is 4.79 Å². The second kappa shape index (κ2) is 8.10. The van der Waals surface area contributed by atoms with Crippen molar-refractivity contribution < 1.29 is 19.5 Å². The molecule has 0 saturated carbocycles. The molecule has 0 aromatic heterocycles. The topological polar surface area (TPSA) is 98.3 Å². The number of aryl methyl sites for hydroxylation is 1. The fraction of sp³-hybridized carbons (Fsp3) is 0.211. The number of hydrogen-bond acceptors (Lipinski definition) is 4. The molecule has 0 heterocycles. The van der Waals surface area contributed by atoms with Crippen LogP contribution in [0.3, 0.4) is 0 Å². The van der Waals surface area contributed by atoms with Crippen molar-refractivity contribution >= 4 is 29.2 Å². The van der Waals surface area contributed by atoms with Gasteiger partial charge in [-0.2, -0.15) is 0 Å². The van der Waals surface area contributed by atoms with E-state index in [1.807, 2.05) is 6.92 Å². The van der Waals surface area contributed by atoms with Crippen molar-refractivity contribution in [2.24, 2.45) is 0 Å². The van der Waals surface area contributed by atoms with E-state index in [1.165, 1.54) is 12.1 Å². The summed E-state index contributed by atoms with van der Waals surface area (Å²) in [6.07, 6.45) is 1.19. The summed E-state index contributed by atoms with van der Waals surface area (Å²) in [6, 6.07) is 10.9. The van der Waals surface area contributed by atoms with Gasteiger partial charge in [0.05, 0.1) is 11.7 Å². The molecule has 0 bridgehead atoms. The van der Waals surface area contributed by atoms with Crippen molar-refractivity contribution in [2.45, 2.75) is 26.7 Å². The maximum Gasteiger partial charge on any atom is 0.255 e. The summed E-state index contributed by atoms with van der Waals surface area (Å²) in [4.78, 5) is 35.1. The molecule has 0 radical (unpaired) electrons. The van der Waals surface area contributed by atoms with E-state index in [1.54, 1.807) is 37.3 Å².